The molecule has 1 heterocycles. The summed E-state index contributed by atoms with van der Waals surface area (Å²) < 4.78 is 13.0. The molecule has 1 fully saturated rings. The number of amides is 1. The van der Waals surface area contributed by atoms with Gasteiger partial charge in [0.1, 0.15) is 6.61 Å². The largest absolute Gasteiger partial charge is 0.445 e. The Morgan fingerprint density at radius 1 is 1.20 bits per heavy atom. The van der Waals surface area contributed by atoms with E-state index < -0.39 is 0 Å². The molecule has 2 atom stereocenters. The van der Waals surface area contributed by atoms with Gasteiger partial charge in [0.05, 0.1) is 25.3 Å². The average molecular weight is 501 g/mol. The van der Waals surface area contributed by atoms with Crippen molar-refractivity contribution in [2.24, 2.45) is 0 Å². The second kappa shape index (κ2) is 8.38. The van der Waals surface area contributed by atoms with Gasteiger partial charge in [-0.25, -0.2) is 4.79 Å². The van der Waals surface area contributed by atoms with E-state index in [4.69, 9.17) is 9.47 Å². The van der Waals surface area contributed by atoms with Crippen LogP contribution in [0.4, 0.5) is 4.79 Å². The van der Waals surface area contributed by atoms with Crippen molar-refractivity contribution in [2.75, 3.05) is 21.9 Å². The van der Waals surface area contributed by atoms with E-state index in [9.17, 15) is 4.79 Å². The molecule has 0 saturated carbocycles. The zero-order chi connectivity index (χ0) is 14.4. The minimum Gasteiger partial charge on any atom is -0.445 e. The molecular weight excluding hydrogens is 484 g/mol. The quantitative estimate of drug-likeness (QED) is 0.470. The molecule has 0 aliphatic carbocycles. The zero-order valence-electron chi connectivity index (χ0n) is 11.0. The average Bonchev–Trinajstić information content (AvgIpc) is 2.52. The first-order chi connectivity index (χ1) is 9.72. The van der Waals surface area contributed by atoms with Gasteiger partial charge in [-0.05, 0) is 5.56 Å². The fraction of sp³-hybridized carbons (Fsp3) is 0.500. The number of hydrogen-bond acceptors (Lipinski definition) is 3. The Kier molecular flexibility index (Phi) is 6.82. The minimum absolute atomic E-state index is 0.105. The van der Waals surface area contributed by atoms with E-state index >= 15 is 0 Å². The van der Waals surface area contributed by atoms with Crippen LogP contribution in [0.2, 0.25) is 0 Å². The summed E-state index contributed by atoms with van der Waals surface area (Å²) in [6, 6.07) is 9.73. The lowest BCUT2D eigenvalue weighted by molar-refractivity contribution is -0.0579. The van der Waals surface area contributed by atoms with E-state index in [1.165, 1.54) is 0 Å². The number of nitrogens with zero attached hydrogens (tertiary/aromatic N) is 1. The Labute approximate surface area is 146 Å². The molecule has 2 rings (SSSR count). The lowest BCUT2D eigenvalue weighted by Crippen LogP contribution is -2.51. The lowest BCUT2D eigenvalue weighted by Gasteiger charge is -2.36. The molecule has 1 aliphatic heterocycles. The maximum absolute atomic E-state index is 12.1. The summed E-state index contributed by atoms with van der Waals surface area (Å²) in [6.07, 6.45) is -0.0383. The van der Waals surface area contributed by atoms with E-state index in [0.717, 1.165) is 14.4 Å². The predicted octanol–water partition coefficient (Wildman–Crippen LogP) is 3.26. The van der Waals surface area contributed by atoms with Crippen LogP contribution in [0, 0.1) is 0 Å². The third kappa shape index (κ3) is 4.73. The second-order valence-electron chi connectivity index (χ2n) is 4.63. The number of halogens is 2. The van der Waals surface area contributed by atoms with Crippen LogP contribution in [0.5, 0.6) is 0 Å². The lowest BCUT2D eigenvalue weighted by atomic mass is 10.2. The monoisotopic (exact) mass is 501 g/mol. The minimum atomic E-state index is -0.248. The molecule has 0 radical (unpaired) electrons. The SMILES string of the molecule is O=C(OCc1ccccc1)N1C[C@@H](CI)O[C@@H](CI)C1. The first kappa shape index (κ1) is 16.3. The van der Waals surface area contributed by atoms with E-state index in [1.807, 2.05) is 30.3 Å². The normalized spacial score (nSPS) is 22.6. The molecule has 0 N–H and O–H groups in total. The summed E-state index contributed by atoms with van der Waals surface area (Å²) >= 11 is 4.58. The van der Waals surface area contributed by atoms with Crippen LogP contribution in [0.15, 0.2) is 30.3 Å². The van der Waals surface area contributed by atoms with Crippen molar-refractivity contribution in [1.82, 2.24) is 4.90 Å². The molecule has 0 aromatic heterocycles. The van der Waals surface area contributed by atoms with Crippen molar-refractivity contribution in [3.05, 3.63) is 35.9 Å². The van der Waals surface area contributed by atoms with Gasteiger partial charge in [0.25, 0.3) is 0 Å². The second-order valence-corrected chi connectivity index (χ2v) is 6.40. The van der Waals surface area contributed by atoms with E-state index in [2.05, 4.69) is 45.2 Å². The van der Waals surface area contributed by atoms with Gasteiger partial charge < -0.3 is 14.4 Å². The molecule has 1 saturated heterocycles. The summed E-state index contributed by atoms with van der Waals surface area (Å²) in [5.41, 5.74) is 1.00. The van der Waals surface area contributed by atoms with E-state index in [-0.39, 0.29) is 18.3 Å². The maximum Gasteiger partial charge on any atom is 0.410 e. The Morgan fingerprint density at radius 3 is 2.35 bits per heavy atom. The highest BCUT2D eigenvalue weighted by Gasteiger charge is 2.30. The summed E-state index contributed by atoms with van der Waals surface area (Å²) in [5.74, 6) is 0. The van der Waals surface area contributed by atoms with Crippen LogP contribution in [0.1, 0.15) is 5.56 Å². The van der Waals surface area contributed by atoms with Crippen molar-refractivity contribution in [3.63, 3.8) is 0 Å². The van der Waals surface area contributed by atoms with Gasteiger partial charge in [0.2, 0.25) is 0 Å². The summed E-state index contributed by atoms with van der Waals surface area (Å²) in [6.45, 7) is 1.55. The van der Waals surface area contributed by atoms with Crippen LogP contribution in [-0.4, -0.2) is 45.1 Å². The number of ether oxygens (including phenoxy) is 2. The fourth-order valence-electron chi connectivity index (χ4n) is 2.05. The van der Waals surface area contributed by atoms with Crippen molar-refractivity contribution >= 4 is 51.3 Å². The third-order valence-electron chi connectivity index (χ3n) is 3.04. The van der Waals surface area contributed by atoms with Crippen molar-refractivity contribution in [1.29, 1.82) is 0 Å². The molecular formula is C14H17I2NO3. The van der Waals surface area contributed by atoms with Crippen LogP contribution < -0.4 is 0 Å². The van der Waals surface area contributed by atoms with Crippen LogP contribution in [-0.2, 0) is 16.1 Å². The number of carbonyl (C=O) groups is 1. The smallest absolute Gasteiger partial charge is 0.410 e. The maximum atomic E-state index is 12.1. The number of rotatable bonds is 4. The highest BCUT2D eigenvalue weighted by atomic mass is 127. The molecule has 0 unspecified atom stereocenters. The zero-order valence-corrected chi connectivity index (χ0v) is 15.3. The number of alkyl halides is 2. The highest BCUT2D eigenvalue weighted by Crippen LogP contribution is 2.16. The molecule has 110 valence electrons. The first-order valence-corrected chi connectivity index (χ1v) is 9.51. The topological polar surface area (TPSA) is 38.8 Å². The first-order valence-electron chi connectivity index (χ1n) is 6.46. The summed E-state index contributed by atoms with van der Waals surface area (Å²) in [7, 11) is 0. The molecule has 1 aromatic rings. The number of morpholine rings is 1. The van der Waals surface area contributed by atoms with Gasteiger partial charge in [0, 0.05) is 8.86 Å². The van der Waals surface area contributed by atoms with E-state index in [1.54, 1.807) is 4.90 Å². The van der Waals surface area contributed by atoms with Crippen molar-refractivity contribution in [2.45, 2.75) is 18.8 Å². The summed E-state index contributed by atoms with van der Waals surface area (Å²) in [5, 5.41) is 0. The van der Waals surface area contributed by atoms with Gasteiger partial charge in [-0.15, -0.1) is 0 Å². The van der Waals surface area contributed by atoms with Gasteiger partial charge in [-0.1, -0.05) is 75.5 Å². The Hall–Kier alpha value is -0.0900. The Morgan fingerprint density at radius 2 is 1.80 bits per heavy atom. The fourth-order valence-corrected chi connectivity index (χ4v) is 3.03. The highest BCUT2D eigenvalue weighted by molar-refractivity contribution is 14.1. The van der Waals surface area contributed by atoms with Crippen LogP contribution in [0.3, 0.4) is 0 Å². The number of benzene rings is 1. The molecule has 4 nitrogen and oxygen atoms in total. The third-order valence-corrected chi connectivity index (χ3v) is 5.01. The van der Waals surface area contributed by atoms with Gasteiger partial charge in [-0.3, -0.25) is 0 Å². The molecule has 0 bridgehead atoms. The molecule has 1 aromatic carbocycles. The molecule has 0 spiro atoms. The van der Waals surface area contributed by atoms with Crippen molar-refractivity contribution in [3.8, 4) is 0 Å². The van der Waals surface area contributed by atoms with Gasteiger partial charge in [-0.2, -0.15) is 0 Å². The molecule has 1 amide bonds. The summed E-state index contributed by atoms with van der Waals surface area (Å²) in [4.78, 5) is 13.9. The number of carbonyl (C=O) groups excluding carboxylic acids is 1. The molecule has 6 heteroatoms. The Balaban J connectivity index is 1.87. The van der Waals surface area contributed by atoms with Crippen LogP contribution >= 0.6 is 45.2 Å². The van der Waals surface area contributed by atoms with Crippen molar-refractivity contribution < 1.29 is 14.3 Å². The molecule has 1 aliphatic rings. The van der Waals surface area contributed by atoms with Gasteiger partial charge >= 0.3 is 6.09 Å². The predicted molar refractivity (Wildman–Crippen MR) is 94.6 cm³/mol. The van der Waals surface area contributed by atoms with Crippen LogP contribution in [0.25, 0.3) is 0 Å². The standard InChI is InChI=1S/C14H17I2NO3/c15-6-12-8-17(9-13(7-16)20-12)14(18)19-10-11-4-2-1-3-5-11/h1-5,12-13H,6-10H2/t12-,13+. The molecule has 20 heavy (non-hydrogen) atoms. The van der Waals surface area contributed by atoms with Gasteiger partial charge in [0.15, 0.2) is 0 Å². The number of hydrogen-bond donors (Lipinski definition) is 0. The Bertz CT molecular complexity index is 418. The van der Waals surface area contributed by atoms with E-state index in [0.29, 0.717) is 19.7 Å².